The molecular weight excluding hydrogens is 272 g/mol. The maximum absolute atomic E-state index is 11.0. The van der Waals surface area contributed by atoms with Gasteiger partial charge in [-0.05, 0) is 55.6 Å². The van der Waals surface area contributed by atoms with Crippen molar-refractivity contribution in [3.05, 3.63) is 28.0 Å². The number of aryl methyl sites for hydroxylation is 1. The van der Waals surface area contributed by atoms with Gasteiger partial charge in [0, 0.05) is 10.7 Å². The summed E-state index contributed by atoms with van der Waals surface area (Å²) in [6.07, 6.45) is 1.57. The van der Waals surface area contributed by atoms with Crippen molar-refractivity contribution in [1.29, 1.82) is 0 Å². The zero-order valence-electron chi connectivity index (χ0n) is 10.2. The van der Waals surface area contributed by atoms with Crippen LogP contribution in [0.1, 0.15) is 16.1 Å². The summed E-state index contributed by atoms with van der Waals surface area (Å²) < 4.78 is 5.39. The molecule has 0 radical (unpaired) electrons. The van der Waals surface area contributed by atoms with Crippen LogP contribution in [0.2, 0.25) is 0 Å². The number of rotatable bonds is 1. The summed E-state index contributed by atoms with van der Waals surface area (Å²) in [6, 6.07) is 1.82. The van der Waals surface area contributed by atoms with Crippen LogP contribution in [0, 0.1) is 6.92 Å². The van der Waals surface area contributed by atoms with Crippen molar-refractivity contribution >= 4 is 21.9 Å². The largest absolute Gasteiger partial charge is 0.464 e. The standard InChI is InChI=1S/C8H8BrNO2.C3H9N/c1-5-3-6(9)4-10-7(5)8(11)12-2;1-4(2)3/h3-4H,1-2H3;1-3H3. The van der Waals surface area contributed by atoms with Gasteiger partial charge in [-0.25, -0.2) is 9.78 Å². The molecule has 5 heteroatoms. The molecule has 0 saturated carbocycles. The lowest BCUT2D eigenvalue weighted by atomic mass is 10.2. The fraction of sp³-hybridized carbons (Fsp3) is 0.455. The second-order valence-corrected chi connectivity index (χ2v) is 4.57. The Kier molecular flexibility index (Phi) is 6.92. The highest BCUT2D eigenvalue weighted by Crippen LogP contribution is 2.13. The lowest BCUT2D eigenvalue weighted by molar-refractivity contribution is 0.0593. The number of hydrogen-bond donors (Lipinski definition) is 0. The third kappa shape index (κ3) is 5.82. The number of carbonyl (C=O) groups is 1. The second-order valence-electron chi connectivity index (χ2n) is 3.65. The monoisotopic (exact) mass is 288 g/mol. The van der Waals surface area contributed by atoms with Crippen molar-refractivity contribution in [2.75, 3.05) is 28.3 Å². The maximum atomic E-state index is 11.0. The first-order valence-corrected chi connectivity index (χ1v) is 5.49. The third-order valence-corrected chi connectivity index (χ3v) is 1.86. The van der Waals surface area contributed by atoms with Crippen LogP contribution in [0.4, 0.5) is 0 Å². The topological polar surface area (TPSA) is 42.4 Å². The Morgan fingerprint density at radius 2 is 1.94 bits per heavy atom. The molecule has 0 aliphatic heterocycles. The van der Waals surface area contributed by atoms with Gasteiger partial charge < -0.3 is 9.64 Å². The van der Waals surface area contributed by atoms with Crippen molar-refractivity contribution in [3.8, 4) is 0 Å². The zero-order chi connectivity index (χ0) is 12.7. The molecule has 0 aliphatic carbocycles. The Balaban J connectivity index is 0.000000487. The molecule has 0 amide bonds. The number of pyridine rings is 1. The molecule has 0 fully saturated rings. The molecule has 1 aromatic heterocycles. The summed E-state index contributed by atoms with van der Waals surface area (Å²) in [7, 11) is 7.34. The van der Waals surface area contributed by atoms with Gasteiger partial charge in [-0.2, -0.15) is 0 Å². The molecule has 16 heavy (non-hydrogen) atoms. The normalized spacial score (nSPS) is 9.44. The van der Waals surface area contributed by atoms with E-state index >= 15 is 0 Å². The summed E-state index contributed by atoms with van der Waals surface area (Å²) >= 11 is 3.25. The fourth-order valence-corrected chi connectivity index (χ4v) is 1.30. The molecule has 0 bridgehead atoms. The molecule has 0 spiro atoms. The molecule has 4 nitrogen and oxygen atoms in total. The Morgan fingerprint density at radius 3 is 2.31 bits per heavy atom. The smallest absolute Gasteiger partial charge is 0.356 e. The molecular formula is C11H17BrN2O2. The van der Waals surface area contributed by atoms with Crippen LogP contribution < -0.4 is 0 Å². The molecule has 1 heterocycles. The summed E-state index contributed by atoms with van der Waals surface area (Å²) in [4.78, 5) is 17.0. The van der Waals surface area contributed by atoms with Crippen LogP contribution >= 0.6 is 15.9 Å². The van der Waals surface area contributed by atoms with E-state index in [-0.39, 0.29) is 0 Å². The van der Waals surface area contributed by atoms with E-state index in [2.05, 4.69) is 25.7 Å². The molecule has 0 saturated heterocycles. The van der Waals surface area contributed by atoms with E-state index in [1.807, 2.05) is 39.0 Å². The predicted octanol–water partition coefficient (Wildman–Crippen LogP) is 2.12. The molecule has 0 atom stereocenters. The Morgan fingerprint density at radius 1 is 1.44 bits per heavy atom. The van der Waals surface area contributed by atoms with E-state index in [0.29, 0.717) is 5.69 Å². The Bertz CT molecular complexity index is 351. The van der Waals surface area contributed by atoms with Crippen LogP contribution in [0.5, 0.6) is 0 Å². The van der Waals surface area contributed by atoms with Gasteiger partial charge in [0.15, 0.2) is 5.69 Å². The SMILES string of the molecule is CN(C)C.COC(=O)c1ncc(Br)cc1C. The summed E-state index contributed by atoms with van der Waals surface area (Å²) in [5.41, 5.74) is 1.16. The van der Waals surface area contributed by atoms with Crippen molar-refractivity contribution in [3.63, 3.8) is 0 Å². The van der Waals surface area contributed by atoms with E-state index < -0.39 is 5.97 Å². The van der Waals surface area contributed by atoms with Gasteiger partial charge >= 0.3 is 5.97 Å². The van der Waals surface area contributed by atoms with Crippen LogP contribution in [0.25, 0.3) is 0 Å². The molecule has 0 aromatic carbocycles. The number of nitrogens with zero attached hydrogens (tertiary/aromatic N) is 2. The van der Waals surface area contributed by atoms with E-state index in [1.54, 1.807) is 6.20 Å². The molecule has 0 unspecified atom stereocenters. The molecule has 0 aliphatic rings. The fourth-order valence-electron chi connectivity index (χ4n) is 0.851. The van der Waals surface area contributed by atoms with Crippen LogP contribution in [0.3, 0.4) is 0 Å². The van der Waals surface area contributed by atoms with Crippen molar-refractivity contribution in [1.82, 2.24) is 9.88 Å². The molecule has 0 N–H and O–H groups in total. The Labute approximate surface area is 105 Å². The minimum absolute atomic E-state index is 0.362. The van der Waals surface area contributed by atoms with Crippen LogP contribution in [0.15, 0.2) is 16.7 Å². The van der Waals surface area contributed by atoms with Crippen LogP contribution in [-0.4, -0.2) is 44.1 Å². The first-order chi connectivity index (χ1) is 7.38. The summed E-state index contributed by atoms with van der Waals surface area (Å²) in [5, 5.41) is 0. The first-order valence-electron chi connectivity index (χ1n) is 4.69. The highest BCUT2D eigenvalue weighted by molar-refractivity contribution is 9.10. The number of esters is 1. The minimum atomic E-state index is -0.403. The molecule has 90 valence electrons. The van der Waals surface area contributed by atoms with E-state index in [4.69, 9.17) is 0 Å². The average Bonchev–Trinajstić information content (AvgIpc) is 2.16. The molecule has 1 rings (SSSR count). The predicted molar refractivity (Wildman–Crippen MR) is 67.6 cm³/mol. The van der Waals surface area contributed by atoms with E-state index in [1.165, 1.54) is 7.11 Å². The third-order valence-electron chi connectivity index (χ3n) is 1.42. The Hall–Kier alpha value is -0.940. The zero-order valence-corrected chi connectivity index (χ0v) is 11.8. The van der Waals surface area contributed by atoms with Crippen molar-refractivity contribution in [2.24, 2.45) is 0 Å². The van der Waals surface area contributed by atoms with Crippen molar-refractivity contribution in [2.45, 2.75) is 6.92 Å². The highest BCUT2D eigenvalue weighted by Gasteiger charge is 2.09. The maximum Gasteiger partial charge on any atom is 0.356 e. The minimum Gasteiger partial charge on any atom is -0.464 e. The lowest BCUT2D eigenvalue weighted by Gasteiger charge is -2.01. The quantitative estimate of drug-likeness (QED) is 0.743. The van der Waals surface area contributed by atoms with Gasteiger partial charge in [0.1, 0.15) is 0 Å². The number of halogens is 1. The van der Waals surface area contributed by atoms with Gasteiger partial charge in [-0.3, -0.25) is 0 Å². The first kappa shape index (κ1) is 15.1. The summed E-state index contributed by atoms with van der Waals surface area (Å²) in [5.74, 6) is -0.403. The number of methoxy groups -OCH3 is 1. The van der Waals surface area contributed by atoms with E-state index in [9.17, 15) is 4.79 Å². The number of carbonyl (C=O) groups excluding carboxylic acids is 1. The van der Waals surface area contributed by atoms with Gasteiger partial charge in [0.2, 0.25) is 0 Å². The van der Waals surface area contributed by atoms with Gasteiger partial charge in [0.05, 0.1) is 7.11 Å². The summed E-state index contributed by atoms with van der Waals surface area (Å²) in [6.45, 7) is 1.81. The van der Waals surface area contributed by atoms with Gasteiger partial charge in [-0.1, -0.05) is 0 Å². The number of aromatic nitrogens is 1. The highest BCUT2D eigenvalue weighted by atomic mass is 79.9. The molecule has 1 aromatic rings. The second kappa shape index (κ2) is 7.35. The average molecular weight is 289 g/mol. The van der Waals surface area contributed by atoms with Gasteiger partial charge in [-0.15, -0.1) is 0 Å². The van der Waals surface area contributed by atoms with Crippen LogP contribution in [-0.2, 0) is 4.74 Å². The lowest BCUT2D eigenvalue weighted by Crippen LogP contribution is -2.06. The number of hydrogen-bond acceptors (Lipinski definition) is 4. The van der Waals surface area contributed by atoms with Gasteiger partial charge in [0.25, 0.3) is 0 Å². The van der Waals surface area contributed by atoms with E-state index in [0.717, 1.165) is 10.0 Å². The number of ether oxygens (including phenoxy) is 1. The van der Waals surface area contributed by atoms with Crippen molar-refractivity contribution < 1.29 is 9.53 Å².